The predicted molar refractivity (Wildman–Crippen MR) is 76.7 cm³/mol. The molecule has 0 saturated heterocycles. The van der Waals surface area contributed by atoms with Gasteiger partial charge in [0.25, 0.3) is 0 Å². The number of aliphatic carboxylic acids is 1. The lowest BCUT2D eigenvalue weighted by atomic mass is 10.2. The van der Waals surface area contributed by atoms with E-state index in [4.69, 9.17) is 5.11 Å². The minimum Gasteiger partial charge on any atom is -0.480 e. The first-order chi connectivity index (χ1) is 9.54. The van der Waals surface area contributed by atoms with Crippen LogP contribution in [0, 0.1) is 0 Å². The summed E-state index contributed by atoms with van der Waals surface area (Å²) < 4.78 is 0. The molecule has 1 aliphatic rings. The number of carboxylic acid groups (broad SMARTS) is 1. The van der Waals surface area contributed by atoms with Crippen molar-refractivity contribution in [3.8, 4) is 0 Å². The minimum atomic E-state index is -0.811. The molecule has 7 heteroatoms. The Morgan fingerprint density at radius 1 is 1.50 bits per heavy atom. The van der Waals surface area contributed by atoms with Crippen LogP contribution in [0.15, 0.2) is 5.38 Å². The highest BCUT2D eigenvalue weighted by Crippen LogP contribution is 2.25. The quantitative estimate of drug-likeness (QED) is 0.838. The SMILES string of the molecule is CC(=O)Nc1nc(CN(CC(=O)O)C2CCCC2)cs1. The summed E-state index contributed by atoms with van der Waals surface area (Å²) >= 11 is 1.36. The van der Waals surface area contributed by atoms with Crippen molar-refractivity contribution in [1.82, 2.24) is 9.88 Å². The number of nitrogens with zero attached hydrogens (tertiary/aromatic N) is 2. The minimum absolute atomic E-state index is 0.0393. The van der Waals surface area contributed by atoms with E-state index in [2.05, 4.69) is 10.3 Å². The molecule has 2 rings (SSSR count). The van der Waals surface area contributed by atoms with Gasteiger partial charge in [0, 0.05) is 24.9 Å². The Morgan fingerprint density at radius 3 is 2.80 bits per heavy atom. The summed E-state index contributed by atoms with van der Waals surface area (Å²) in [5, 5.41) is 14.1. The zero-order chi connectivity index (χ0) is 14.5. The molecular weight excluding hydrogens is 278 g/mol. The van der Waals surface area contributed by atoms with Crippen LogP contribution in [-0.4, -0.2) is 39.5 Å². The number of anilines is 1. The van der Waals surface area contributed by atoms with Gasteiger partial charge in [0.15, 0.2) is 5.13 Å². The Balaban J connectivity index is 2.00. The van der Waals surface area contributed by atoms with Gasteiger partial charge in [-0.1, -0.05) is 12.8 Å². The number of rotatable bonds is 6. The molecule has 2 N–H and O–H groups in total. The van der Waals surface area contributed by atoms with Gasteiger partial charge >= 0.3 is 5.97 Å². The zero-order valence-electron chi connectivity index (χ0n) is 11.5. The number of carbonyl (C=O) groups excluding carboxylic acids is 1. The van der Waals surface area contributed by atoms with Crippen molar-refractivity contribution in [2.24, 2.45) is 0 Å². The van der Waals surface area contributed by atoms with Crippen LogP contribution in [0.4, 0.5) is 5.13 Å². The smallest absolute Gasteiger partial charge is 0.317 e. The van der Waals surface area contributed by atoms with Crippen molar-refractivity contribution in [2.45, 2.75) is 45.2 Å². The van der Waals surface area contributed by atoms with Gasteiger partial charge in [0.05, 0.1) is 12.2 Å². The Morgan fingerprint density at radius 2 is 2.20 bits per heavy atom. The highest BCUT2D eigenvalue weighted by atomic mass is 32.1. The van der Waals surface area contributed by atoms with E-state index in [1.165, 1.54) is 18.3 Å². The van der Waals surface area contributed by atoms with Crippen molar-refractivity contribution in [2.75, 3.05) is 11.9 Å². The van der Waals surface area contributed by atoms with Crippen LogP contribution in [-0.2, 0) is 16.1 Å². The lowest BCUT2D eigenvalue weighted by Gasteiger charge is -2.26. The van der Waals surface area contributed by atoms with Crippen molar-refractivity contribution in [3.05, 3.63) is 11.1 Å². The first kappa shape index (κ1) is 14.9. The maximum absolute atomic E-state index is 11.0. The molecule has 0 aromatic carbocycles. The molecule has 0 radical (unpaired) electrons. The van der Waals surface area contributed by atoms with Crippen molar-refractivity contribution < 1.29 is 14.7 Å². The van der Waals surface area contributed by atoms with Crippen LogP contribution in [0.2, 0.25) is 0 Å². The summed E-state index contributed by atoms with van der Waals surface area (Å²) in [5.74, 6) is -0.960. The largest absolute Gasteiger partial charge is 0.480 e. The number of aromatic nitrogens is 1. The number of hydrogen-bond donors (Lipinski definition) is 2. The maximum atomic E-state index is 11.0. The molecule has 0 atom stereocenters. The van der Waals surface area contributed by atoms with E-state index >= 15 is 0 Å². The second-order valence-electron chi connectivity index (χ2n) is 5.06. The molecule has 20 heavy (non-hydrogen) atoms. The van der Waals surface area contributed by atoms with Crippen LogP contribution in [0.1, 0.15) is 38.3 Å². The molecule has 6 nitrogen and oxygen atoms in total. The van der Waals surface area contributed by atoms with E-state index < -0.39 is 5.97 Å². The molecule has 0 spiro atoms. The zero-order valence-corrected chi connectivity index (χ0v) is 12.3. The summed E-state index contributed by atoms with van der Waals surface area (Å²) in [6.45, 7) is 2.00. The molecular formula is C13H19N3O3S. The number of amides is 1. The highest BCUT2D eigenvalue weighted by molar-refractivity contribution is 7.13. The van der Waals surface area contributed by atoms with Crippen LogP contribution in [0.25, 0.3) is 0 Å². The van der Waals surface area contributed by atoms with Crippen LogP contribution in [0.5, 0.6) is 0 Å². The molecule has 1 aromatic heterocycles. The van der Waals surface area contributed by atoms with E-state index in [1.807, 2.05) is 10.3 Å². The van der Waals surface area contributed by atoms with Gasteiger partial charge in [-0.15, -0.1) is 11.3 Å². The van der Waals surface area contributed by atoms with Crippen molar-refractivity contribution >= 4 is 28.3 Å². The molecule has 1 fully saturated rings. The normalized spacial score (nSPS) is 15.7. The number of nitrogens with one attached hydrogen (secondary N) is 1. The van der Waals surface area contributed by atoms with E-state index in [1.54, 1.807) is 0 Å². The maximum Gasteiger partial charge on any atom is 0.317 e. The first-order valence-electron chi connectivity index (χ1n) is 6.72. The fourth-order valence-corrected chi connectivity index (χ4v) is 3.30. The summed E-state index contributed by atoms with van der Waals surface area (Å²) in [7, 11) is 0. The Hall–Kier alpha value is -1.47. The van der Waals surface area contributed by atoms with E-state index in [9.17, 15) is 9.59 Å². The van der Waals surface area contributed by atoms with Gasteiger partial charge in [-0.3, -0.25) is 14.5 Å². The van der Waals surface area contributed by atoms with Crippen LogP contribution >= 0.6 is 11.3 Å². The standard InChI is InChI=1S/C13H19N3O3S/c1-9(17)14-13-15-10(8-20-13)6-16(7-12(18)19)11-4-2-3-5-11/h8,11H,2-7H2,1H3,(H,18,19)(H,14,15,17). The monoisotopic (exact) mass is 297 g/mol. The lowest BCUT2D eigenvalue weighted by Crippen LogP contribution is -2.37. The van der Waals surface area contributed by atoms with Gasteiger partial charge in [0.2, 0.25) is 5.91 Å². The van der Waals surface area contributed by atoms with Gasteiger partial charge in [-0.25, -0.2) is 4.98 Å². The number of thiazole rings is 1. The topological polar surface area (TPSA) is 82.5 Å². The van der Waals surface area contributed by atoms with Gasteiger partial charge in [-0.2, -0.15) is 0 Å². The highest BCUT2D eigenvalue weighted by Gasteiger charge is 2.25. The van der Waals surface area contributed by atoms with Crippen molar-refractivity contribution in [1.29, 1.82) is 0 Å². The molecule has 0 bridgehead atoms. The third-order valence-corrected chi connectivity index (χ3v) is 4.19. The third kappa shape index (κ3) is 4.28. The second-order valence-corrected chi connectivity index (χ2v) is 5.92. The molecule has 0 aliphatic heterocycles. The fraction of sp³-hybridized carbons (Fsp3) is 0.615. The number of carboxylic acids is 1. The molecule has 1 aliphatic carbocycles. The molecule has 1 saturated carbocycles. The Labute approximate surface area is 121 Å². The van der Waals surface area contributed by atoms with Crippen LogP contribution in [0.3, 0.4) is 0 Å². The second kappa shape index (κ2) is 6.81. The van der Waals surface area contributed by atoms with Gasteiger partial charge < -0.3 is 10.4 Å². The van der Waals surface area contributed by atoms with Gasteiger partial charge in [-0.05, 0) is 12.8 Å². The summed E-state index contributed by atoms with van der Waals surface area (Å²) in [6.07, 6.45) is 4.43. The Kier molecular flexibility index (Phi) is 5.08. The average Bonchev–Trinajstić information content (AvgIpc) is 2.98. The molecule has 110 valence electrons. The first-order valence-corrected chi connectivity index (χ1v) is 7.60. The summed E-state index contributed by atoms with van der Waals surface area (Å²) in [5.41, 5.74) is 0.812. The predicted octanol–water partition coefficient (Wildman–Crippen LogP) is 1.93. The van der Waals surface area contributed by atoms with Crippen LogP contribution < -0.4 is 5.32 Å². The number of carbonyl (C=O) groups is 2. The van der Waals surface area contributed by atoms with Crippen molar-refractivity contribution in [3.63, 3.8) is 0 Å². The molecule has 0 unspecified atom stereocenters. The molecule has 1 amide bonds. The molecule has 1 aromatic rings. The fourth-order valence-electron chi connectivity index (χ4n) is 2.55. The van der Waals surface area contributed by atoms with E-state index in [0.29, 0.717) is 17.7 Å². The summed E-state index contributed by atoms with van der Waals surface area (Å²) in [4.78, 5) is 28.3. The van der Waals surface area contributed by atoms with E-state index in [-0.39, 0.29) is 12.5 Å². The Bertz CT molecular complexity index is 483. The van der Waals surface area contributed by atoms with Gasteiger partial charge in [0.1, 0.15) is 0 Å². The number of hydrogen-bond acceptors (Lipinski definition) is 5. The van der Waals surface area contributed by atoms with E-state index in [0.717, 1.165) is 31.4 Å². The third-order valence-electron chi connectivity index (χ3n) is 3.38. The average molecular weight is 297 g/mol. The lowest BCUT2D eigenvalue weighted by molar-refractivity contribution is -0.139. The molecule has 1 heterocycles. The summed E-state index contributed by atoms with van der Waals surface area (Å²) in [6, 6.07) is 0.331.